The number of rotatable bonds is 6. The van der Waals surface area contributed by atoms with Gasteiger partial charge in [0, 0.05) is 33.2 Å². The van der Waals surface area contributed by atoms with E-state index in [1.54, 1.807) is 0 Å². The molecular weight excluding hydrogens is 689 g/mol. The minimum atomic E-state index is 0.564. The normalized spacial score (nSPS) is 11.6. The Hall–Kier alpha value is -7.70. The average molecular weight is 719 g/mol. The molecule has 0 N–H and O–H groups in total. The van der Waals surface area contributed by atoms with E-state index in [-0.39, 0.29) is 0 Å². The standard InChI is InChI=1S/C50H30N4O2/c1-4-13-31(14-5-1)34-23-24-36-28-39(26-25-35(36)27-34)49-53-47(32-15-6-2-7-16-32)52-48(54-49)38-20-12-19-37(29-38)41-30-42-46(56-50(51-42)33-17-8-3-9-18-33)44-40-21-10-11-22-43(40)55-45(41)44/h1-30H. The molecule has 3 heterocycles. The van der Waals surface area contributed by atoms with Gasteiger partial charge in [-0.15, -0.1) is 0 Å². The van der Waals surface area contributed by atoms with Crippen LogP contribution in [-0.4, -0.2) is 19.9 Å². The zero-order valence-electron chi connectivity index (χ0n) is 29.9. The van der Waals surface area contributed by atoms with Crippen LogP contribution in [0.4, 0.5) is 0 Å². The zero-order valence-corrected chi connectivity index (χ0v) is 29.9. The van der Waals surface area contributed by atoms with Gasteiger partial charge in [0.2, 0.25) is 5.89 Å². The highest BCUT2D eigenvalue weighted by atomic mass is 16.4. The lowest BCUT2D eigenvalue weighted by molar-refractivity contribution is 0.622. The van der Waals surface area contributed by atoms with E-state index in [9.17, 15) is 0 Å². The van der Waals surface area contributed by atoms with Crippen molar-refractivity contribution in [1.29, 1.82) is 0 Å². The molecule has 0 spiro atoms. The maximum Gasteiger partial charge on any atom is 0.227 e. The second kappa shape index (κ2) is 13.0. The summed E-state index contributed by atoms with van der Waals surface area (Å²) in [5.74, 6) is 2.34. The van der Waals surface area contributed by atoms with Crippen molar-refractivity contribution in [3.05, 3.63) is 182 Å². The van der Waals surface area contributed by atoms with E-state index in [0.717, 1.165) is 71.6 Å². The van der Waals surface area contributed by atoms with Gasteiger partial charge in [-0.2, -0.15) is 0 Å². The molecule has 0 radical (unpaired) electrons. The number of para-hydroxylation sites is 1. The summed E-state index contributed by atoms with van der Waals surface area (Å²) in [5, 5.41) is 4.13. The topological polar surface area (TPSA) is 77.8 Å². The van der Waals surface area contributed by atoms with Crippen molar-refractivity contribution in [3.63, 3.8) is 0 Å². The molecule has 262 valence electrons. The molecule has 0 aliphatic carbocycles. The highest BCUT2D eigenvalue weighted by Gasteiger charge is 2.22. The van der Waals surface area contributed by atoms with Gasteiger partial charge in [-0.1, -0.05) is 140 Å². The molecule has 0 unspecified atom stereocenters. The molecule has 0 saturated carbocycles. The summed E-state index contributed by atoms with van der Waals surface area (Å²) in [5.41, 5.74) is 10.8. The summed E-state index contributed by atoms with van der Waals surface area (Å²) >= 11 is 0. The Morgan fingerprint density at radius 3 is 1.62 bits per heavy atom. The van der Waals surface area contributed by atoms with Crippen LogP contribution in [0.3, 0.4) is 0 Å². The van der Waals surface area contributed by atoms with Gasteiger partial charge >= 0.3 is 0 Å². The second-order valence-corrected chi connectivity index (χ2v) is 13.9. The first-order chi connectivity index (χ1) is 27.7. The van der Waals surface area contributed by atoms with E-state index in [1.807, 2.05) is 97.1 Å². The molecule has 0 saturated heterocycles. The Labute approximate surface area is 321 Å². The number of furan rings is 1. The molecular formula is C50H30N4O2. The summed E-state index contributed by atoms with van der Waals surface area (Å²) in [6.07, 6.45) is 0. The van der Waals surface area contributed by atoms with E-state index in [2.05, 4.69) is 84.9 Å². The number of nitrogens with zero attached hydrogens (tertiary/aromatic N) is 4. The van der Waals surface area contributed by atoms with Crippen LogP contribution >= 0.6 is 0 Å². The van der Waals surface area contributed by atoms with Gasteiger partial charge < -0.3 is 8.83 Å². The first-order valence-electron chi connectivity index (χ1n) is 18.5. The Kier molecular flexibility index (Phi) is 7.38. The largest absolute Gasteiger partial charge is 0.455 e. The van der Waals surface area contributed by atoms with Crippen molar-refractivity contribution in [2.24, 2.45) is 0 Å². The lowest BCUT2D eigenvalue weighted by Crippen LogP contribution is -2.00. The van der Waals surface area contributed by atoms with Crippen molar-refractivity contribution in [3.8, 4) is 67.9 Å². The summed E-state index contributed by atoms with van der Waals surface area (Å²) in [4.78, 5) is 20.2. The fourth-order valence-electron chi connectivity index (χ4n) is 7.56. The molecule has 0 aliphatic heterocycles. The van der Waals surface area contributed by atoms with Crippen LogP contribution in [0.1, 0.15) is 0 Å². The molecule has 8 aromatic carbocycles. The molecule has 11 aromatic rings. The number of hydrogen-bond donors (Lipinski definition) is 0. The van der Waals surface area contributed by atoms with Gasteiger partial charge in [0.25, 0.3) is 0 Å². The van der Waals surface area contributed by atoms with Crippen LogP contribution in [0.5, 0.6) is 0 Å². The maximum absolute atomic E-state index is 6.60. The Morgan fingerprint density at radius 2 is 0.893 bits per heavy atom. The van der Waals surface area contributed by atoms with E-state index >= 15 is 0 Å². The van der Waals surface area contributed by atoms with Crippen LogP contribution in [-0.2, 0) is 0 Å². The highest BCUT2D eigenvalue weighted by molar-refractivity contribution is 6.20. The number of oxazole rings is 1. The molecule has 0 aliphatic rings. The monoisotopic (exact) mass is 718 g/mol. The molecule has 11 rings (SSSR count). The smallest absolute Gasteiger partial charge is 0.227 e. The van der Waals surface area contributed by atoms with E-state index in [0.29, 0.717) is 28.9 Å². The lowest BCUT2D eigenvalue weighted by Gasteiger charge is -2.11. The fraction of sp³-hybridized carbons (Fsp3) is 0. The van der Waals surface area contributed by atoms with Crippen molar-refractivity contribution < 1.29 is 8.83 Å². The Morgan fingerprint density at radius 1 is 0.339 bits per heavy atom. The maximum atomic E-state index is 6.60. The quantitative estimate of drug-likeness (QED) is 0.170. The molecule has 56 heavy (non-hydrogen) atoms. The Bertz CT molecular complexity index is 3240. The molecule has 3 aromatic heterocycles. The van der Waals surface area contributed by atoms with E-state index in [4.69, 9.17) is 28.8 Å². The molecule has 0 bridgehead atoms. The summed E-state index contributed by atoms with van der Waals surface area (Å²) in [6, 6.07) is 61.8. The zero-order chi connectivity index (χ0) is 37.0. The van der Waals surface area contributed by atoms with Crippen molar-refractivity contribution in [2.45, 2.75) is 0 Å². The van der Waals surface area contributed by atoms with Gasteiger partial charge in [0.15, 0.2) is 23.1 Å². The third-order valence-electron chi connectivity index (χ3n) is 10.3. The van der Waals surface area contributed by atoms with Crippen molar-refractivity contribution >= 4 is 43.8 Å². The van der Waals surface area contributed by atoms with Gasteiger partial charge in [0.1, 0.15) is 16.7 Å². The van der Waals surface area contributed by atoms with E-state index < -0.39 is 0 Å². The predicted molar refractivity (Wildman–Crippen MR) is 225 cm³/mol. The first-order valence-corrected chi connectivity index (χ1v) is 18.5. The minimum Gasteiger partial charge on any atom is -0.455 e. The Balaban J connectivity index is 1.06. The van der Waals surface area contributed by atoms with Gasteiger partial charge in [0.05, 0.1) is 5.39 Å². The van der Waals surface area contributed by atoms with Crippen molar-refractivity contribution in [1.82, 2.24) is 19.9 Å². The van der Waals surface area contributed by atoms with Crippen molar-refractivity contribution in [2.75, 3.05) is 0 Å². The van der Waals surface area contributed by atoms with Crippen LogP contribution in [0.2, 0.25) is 0 Å². The van der Waals surface area contributed by atoms with Crippen LogP contribution in [0.25, 0.3) is 112 Å². The molecule has 0 amide bonds. The summed E-state index contributed by atoms with van der Waals surface area (Å²) in [7, 11) is 0. The minimum absolute atomic E-state index is 0.564. The van der Waals surface area contributed by atoms with Gasteiger partial charge in [-0.25, -0.2) is 19.9 Å². The molecule has 0 fully saturated rings. The third kappa shape index (κ3) is 5.51. The number of hydrogen-bond acceptors (Lipinski definition) is 6. The number of benzene rings is 8. The summed E-state index contributed by atoms with van der Waals surface area (Å²) in [6.45, 7) is 0. The van der Waals surface area contributed by atoms with Crippen LogP contribution in [0, 0.1) is 0 Å². The fourth-order valence-corrected chi connectivity index (χ4v) is 7.56. The molecule has 6 heteroatoms. The third-order valence-corrected chi connectivity index (χ3v) is 10.3. The second-order valence-electron chi connectivity index (χ2n) is 13.9. The van der Waals surface area contributed by atoms with Crippen LogP contribution in [0.15, 0.2) is 191 Å². The molecule has 6 nitrogen and oxygen atoms in total. The number of aromatic nitrogens is 4. The SMILES string of the molecule is c1ccc(-c2ccc3cc(-c4nc(-c5ccccc5)nc(-c5cccc(-c6cc7nc(-c8ccccc8)oc7c7c6oc6ccccc67)c5)n4)ccc3c2)cc1. The highest BCUT2D eigenvalue weighted by Crippen LogP contribution is 2.43. The first kappa shape index (κ1) is 31.8. The number of fused-ring (bicyclic) bond motifs is 6. The molecule has 0 atom stereocenters. The summed E-state index contributed by atoms with van der Waals surface area (Å²) < 4.78 is 13.1. The average Bonchev–Trinajstić information content (AvgIpc) is 3.89. The predicted octanol–water partition coefficient (Wildman–Crippen LogP) is 13.1. The van der Waals surface area contributed by atoms with Gasteiger partial charge in [-0.05, 0) is 69.9 Å². The lowest BCUT2D eigenvalue weighted by atomic mass is 9.99. The van der Waals surface area contributed by atoms with Gasteiger partial charge in [-0.3, -0.25) is 0 Å². The van der Waals surface area contributed by atoms with E-state index in [1.165, 1.54) is 11.1 Å². The van der Waals surface area contributed by atoms with Crippen LogP contribution < -0.4 is 0 Å².